The second-order valence-corrected chi connectivity index (χ2v) is 4.06. The third-order valence-electron chi connectivity index (χ3n) is 1.99. The molecule has 0 aliphatic rings. The highest BCUT2D eigenvalue weighted by Crippen LogP contribution is 2.16. The third kappa shape index (κ3) is 4.19. The van der Waals surface area contributed by atoms with E-state index >= 15 is 0 Å². The van der Waals surface area contributed by atoms with Crippen LogP contribution in [-0.4, -0.2) is 6.54 Å². The van der Waals surface area contributed by atoms with Gasteiger partial charge < -0.3 is 0 Å². The molecule has 0 aliphatic carbocycles. The molecule has 78 valence electrons. The summed E-state index contributed by atoms with van der Waals surface area (Å²) in [7, 11) is 0. The van der Waals surface area contributed by atoms with Gasteiger partial charge in [-0.1, -0.05) is 39.3 Å². The Hall–Kier alpha value is -1.25. The van der Waals surface area contributed by atoms with E-state index in [1.54, 1.807) is 0 Å². The van der Waals surface area contributed by atoms with Crippen LogP contribution in [0, 0.1) is 6.92 Å². The molecule has 3 nitrogen and oxygen atoms in total. The maximum Gasteiger partial charge on any atom is 0.0292 e. The molecular formula is C11H12BrN3. The predicted molar refractivity (Wildman–Crippen MR) is 66.5 cm³/mol. The van der Waals surface area contributed by atoms with Gasteiger partial charge in [0, 0.05) is 15.9 Å². The molecule has 0 saturated heterocycles. The van der Waals surface area contributed by atoms with Crippen molar-refractivity contribution in [3.05, 3.63) is 50.3 Å². The molecule has 0 heterocycles. The van der Waals surface area contributed by atoms with Gasteiger partial charge in [0.15, 0.2) is 0 Å². The van der Waals surface area contributed by atoms with Gasteiger partial charge in [0.05, 0.1) is 0 Å². The molecule has 0 saturated carbocycles. The van der Waals surface area contributed by atoms with Gasteiger partial charge in [0.1, 0.15) is 0 Å². The molecule has 1 aromatic carbocycles. The van der Waals surface area contributed by atoms with Crippen molar-refractivity contribution in [3.8, 4) is 0 Å². The standard InChI is InChI=1S/C11H12BrN3/c1-9-8-11(12)6-5-10(9)4-2-3-7-14-15-13/h2,4-6,8H,3,7H2,1H3. The smallest absolute Gasteiger partial charge is 0.0292 e. The van der Waals surface area contributed by atoms with Crippen LogP contribution >= 0.6 is 15.9 Å². The van der Waals surface area contributed by atoms with Crippen molar-refractivity contribution in [3.63, 3.8) is 0 Å². The number of hydrogen-bond donors (Lipinski definition) is 0. The Balaban J connectivity index is 2.60. The quantitative estimate of drug-likeness (QED) is 0.334. The van der Waals surface area contributed by atoms with Crippen molar-refractivity contribution in [1.82, 2.24) is 0 Å². The maximum atomic E-state index is 8.09. The first kappa shape index (κ1) is 11.8. The van der Waals surface area contributed by atoms with Crippen molar-refractivity contribution >= 4 is 22.0 Å². The first-order valence-corrected chi connectivity index (χ1v) is 5.47. The van der Waals surface area contributed by atoms with E-state index in [4.69, 9.17) is 5.53 Å². The molecule has 0 radical (unpaired) electrons. The molecule has 0 atom stereocenters. The van der Waals surface area contributed by atoms with E-state index in [0.29, 0.717) is 6.54 Å². The Bertz CT molecular complexity index is 406. The monoisotopic (exact) mass is 265 g/mol. The van der Waals surface area contributed by atoms with E-state index in [2.05, 4.69) is 51.1 Å². The number of rotatable bonds is 4. The minimum atomic E-state index is 0.516. The second-order valence-electron chi connectivity index (χ2n) is 3.15. The van der Waals surface area contributed by atoms with E-state index in [9.17, 15) is 0 Å². The summed E-state index contributed by atoms with van der Waals surface area (Å²) in [5.41, 5.74) is 10.5. The molecule has 0 aliphatic heterocycles. The molecule has 4 heteroatoms. The first-order valence-electron chi connectivity index (χ1n) is 4.67. The van der Waals surface area contributed by atoms with Gasteiger partial charge in [-0.2, -0.15) is 0 Å². The molecule has 0 fully saturated rings. The van der Waals surface area contributed by atoms with Gasteiger partial charge in [0.2, 0.25) is 0 Å². The minimum absolute atomic E-state index is 0.516. The van der Waals surface area contributed by atoms with Gasteiger partial charge in [-0.3, -0.25) is 0 Å². The topological polar surface area (TPSA) is 48.8 Å². The summed E-state index contributed by atoms with van der Waals surface area (Å²) < 4.78 is 1.09. The van der Waals surface area contributed by atoms with Crippen molar-refractivity contribution in [2.75, 3.05) is 6.54 Å². The van der Waals surface area contributed by atoms with E-state index in [0.717, 1.165) is 10.9 Å². The number of azide groups is 1. The molecule has 0 aromatic heterocycles. The van der Waals surface area contributed by atoms with E-state index in [1.807, 2.05) is 12.1 Å². The van der Waals surface area contributed by atoms with Crippen LogP contribution in [0.4, 0.5) is 0 Å². The minimum Gasteiger partial charge on any atom is -0.0937 e. The van der Waals surface area contributed by atoms with Crippen LogP contribution < -0.4 is 0 Å². The van der Waals surface area contributed by atoms with Crippen LogP contribution in [0.2, 0.25) is 0 Å². The van der Waals surface area contributed by atoms with E-state index in [1.165, 1.54) is 11.1 Å². The summed E-state index contributed by atoms with van der Waals surface area (Å²) in [5, 5.41) is 3.46. The van der Waals surface area contributed by atoms with Crippen molar-refractivity contribution in [2.45, 2.75) is 13.3 Å². The van der Waals surface area contributed by atoms with Crippen molar-refractivity contribution < 1.29 is 0 Å². The van der Waals surface area contributed by atoms with Crippen LogP contribution in [0.1, 0.15) is 17.5 Å². The van der Waals surface area contributed by atoms with Crippen LogP contribution in [0.3, 0.4) is 0 Å². The summed E-state index contributed by atoms with van der Waals surface area (Å²) in [4.78, 5) is 2.69. The Morgan fingerprint density at radius 2 is 2.33 bits per heavy atom. The van der Waals surface area contributed by atoms with Crippen LogP contribution in [-0.2, 0) is 0 Å². The zero-order valence-electron chi connectivity index (χ0n) is 8.52. The molecule has 0 spiro atoms. The lowest BCUT2D eigenvalue weighted by Crippen LogP contribution is -1.80. The molecule has 0 N–H and O–H groups in total. The van der Waals surface area contributed by atoms with Gasteiger partial charge >= 0.3 is 0 Å². The Labute approximate surface area is 97.6 Å². The average Bonchev–Trinajstić information content (AvgIpc) is 2.20. The lowest BCUT2D eigenvalue weighted by Gasteiger charge is -2.00. The molecule has 15 heavy (non-hydrogen) atoms. The Morgan fingerprint density at radius 1 is 1.53 bits per heavy atom. The maximum absolute atomic E-state index is 8.09. The van der Waals surface area contributed by atoms with Crippen molar-refractivity contribution in [1.29, 1.82) is 0 Å². The summed E-state index contributed by atoms with van der Waals surface area (Å²) >= 11 is 3.42. The highest BCUT2D eigenvalue weighted by atomic mass is 79.9. The first-order chi connectivity index (χ1) is 7.24. The van der Waals surface area contributed by atoms with Gasteiger partial charge in [-0.05, 0) is 42.1 Å². The predicted octanol–water partition coefficient (Wildman–Crippen LogP) is 4.47. The lowest BCUT2D eigenvalue weighted by atomic mass is 10.1. The van der Waals surface area contributed by atoms with Gasteiger partial charge in [0.25, 0.3) is 0 Å². The molecule has 1 aromatic rings. The molecular weight excluding hydrogens is 254 g/mol. The number of benzene rings is 1. The summed E-state index contributed by atoms with van der Waals surface area (Å²) in [6.07, 6.45) is 4.85. The van der Waals surface area contributed by atoms with Crippen LogP contribution in [0.15, 0.2) is 33.9 Å². The fourth-order valence-electron chi connectivity index (χ4n) is 1.21. The van der Waals surface area contributed by atoms with Gasteiger partial charge in [-0.15, -0.1) is 0 Å². The van der Waals surface area contributed by atoms with Gasteiger partial charge in [-0.25, -0.2) is 0 Å². The average molecular weight is 266 g/mol. The van der Waals surface area contributed by atoms with Crippen LogP contribution in [0.25, 0.3) is 16.5 Å². The zero-order valence-corrected chi connectivity index (χ0v) is 10.1. The van der Waals surface area contributed by atoms with Crippen LogP contribution in [0.5, 0.6) is 0 Å². The normalized spacial score (nSPS) is 10.3. The molecule has 0 bridgehead atoms. The molecule has 0 unspecified atom stereocenters. The van der Waals surface area contributed by atoms with Crippen molar-refractivity contribution in [2.24, 2.45) is 5.11 Å². The molecule has 0 amide bonds. The zero-order chi connectivity index (χ0) is 11.1. The Kier molecular flexibility index (Phi) is 4.95. The number of hydrogen-bond acceptors (Lipinski definition) is 1. The van der Waals surface area contributed by atoms with E-state index < -0.39 is 0 Å². The fraction of sp³-hybridized carbons (Fsp3) is 0.273. The lowest BCUT2D eigenvalue weighted by molar-refractivity contribution is 0.995. The largest absolute Gasteiger partial charge is 0.0937 e. The number of halogens is 1. The van der Waals surface area contributed by atoms with E-state index in [-0.39, 0.29) is 0 Å². The highest BCUT2D eigenvalue weighted by molar-refractivity contribution is 9.10. The summed E-state index contributed by atoms with van der Waals surface area (Å²) in [5.74, 6) is 0. The number of aryl methyl sites for hydroxylation is 1. The second kappa shape index (κ2) is 6.27. The summed E-state index contributed by atoms with van der Waals surface area (Å²) in [6, 6.07) is 6.15. The molecule has 1 rings (SSSR count). The fourth-order valence-corrected chi connectivity index (χ4v) is 1.69. The SMILES string of the molecule is Cc1cc(Br)ccc1C=CCCN=[N+]=[N-]. The highest BCUT2D eigenvalue weighted by Gasteiger charge is 1.93. The summed E-state index contributed by atoms with van der Waals surface area (Å²) in [6.45, 7) is 2.58. The number of nitrogens with zero attached hydrogens (tertiary/aromatic N) is 3. The third-order valence-corrected chi connectivity index (χ3v) is 2.48. The Morgan fingerprint density at radius 3 is 3.00 bits per heavy atom.